The van der Waals surface area contributed by atoms with Gasteiger partial charge in [-0.15, -0.1) is 11.6 Å². The zero-order valence-corrected chi connectivity index (χ0v) is 8.32. The van der Waals surface area contributed by atoms with Crippen molar-refractivity contribution in [1.29, 1.82) is 0 Å². The Kier molecular flexibility index (Phi) is 1.94. The maximum Gasteiger partial charge on any atom is 0.0591 e. The second-order valence-corrected chi connectivity index (χ2v) is 4.19. The molecule has 0 saturated carbocycles. The van der Waals surface area contributed by atoms with E-state index in [4.69, 9.17) is 11.6 Å². The molecule has 2 rings (SSSR count). The fourth-order valence-electron chi connectivity index (χ4n) is 1.56. The summed E-state index contributed by atoms with van der Waals surface area (Å²) in [5.41, 5.74) is 2.70. The molecule has 0 heterocycles. The third-order valence-electron chi connectivity index (χ3n) is 2.14. The molecule has 11 heavy (non-hydrogen) atoms. The highest BCUT2D eigenvalue weighted by Crippen LogP contribution is 2.39. The molecule has 0 N–H and O–H groups in total. The molecule has 0 spiro atoms. The Bertz CT molecular complexity index is 283. The molecule has 1 aromatic rings. The lowest BCUT2D eigenvalue weighted by molar-refractivity contribution is 0.881. The Hall–Kier alpha value is -0.0100. The second kappa shape index (κ2) is 2.80. The Morgan fingerprint density at radius 3 is 3.00 bits per heavy atom. The minimum absolute atomic E-state index is 0.238. The Morgan fingerprint density at radius 1 is 1.45 bits per heavy atom. The lowest BCUT2D eigenvalue weighted by Gasteiger charge is -2.02. The van der Waals surface area contributed by atoms with Gasteiger partial charge >= 0.3 is 0 Å². The lowest BCUT2D eigenvalue weighted by Crippen LogP contribution is -1.83. The van der Waals surface area contributed by atoms with Crippen molar-refractivity contribution in [1.82, 2.24) is 0 Å². The van der Waals surface area contributed by atoms with E-state index in [1.54, 1.807) is 0 Å². The molecule has 0 bridgehead atoms. The molecule has 1 aliphatic carbocycles. The maximum atomic E-state index is 6.09. The first kappa shape index (κ1) is 7.63. The average molecular weight is 232 g/mol. The number of alkyl halides is 1. The van der Waals surface area contributed by atoms with Crippen LogP contribution in [-0.4, -0.2) is 0 Å². The first-order valence-corrected chi connectivity index (χ1v) is 4.93. The number of benzene rings is 1. The highest BCUT2D eigenvalue weighted by molar-refractivity contribution is 9.10. The smallest absolute Gasteiger partial charge is 0.0591 e. The molecule has 1 aromatic carbocycles. The summed E-state index contributed by atoms with van der Waals surface area (Å²) >= 11 is 9.61. The summed E-state index contributed by atoms with van der Waals surface area (Å²) in [4.78, 5) is 0. The average Bonchev–Trinajstić information content (AvgIpc) is 2.35. The van der Waals surface area contributed by atoms with Crippen molar-refractivity contribution in [3.63, 3.8) is 0 Å². The quantitative estimate of drug-likeness (QED) is 0.598. The summed E-state index contributed by atoms with van der Waals surface area (Å²) in [6, 6.07) is 6.24. The molecule has 0 aromatic heterocycles. The van der Waals surface area contributed by atoms with Crippen LogP contribution in [0.25, 0.3) is 0 Å². The van der Waals surface area contributed by atoms with Crippen molar-refractivity contribution in [3.05, 3.63) is 33.8 Å². The van der Waals surface area contributed by atoms with Crippen LogP contribution >= 0.6 is 27.5 Å². The maximum absolute atomic E-state index is 6.09. The summed E-state index contributed by atoms with van der Waals surface area (Å²) in [5, 5.41) is 0.238. The van der Waals surface area contributed by atoms with Crippen LogP contribution in [0.1, 0.15) is 22.9 Å². The van der Waals surface area contributed by atoms with Gasteiger partial charge in [0, 0.05) is 4.47 Å². The summed E-state index contributed by atoms with van der Waals surface area (Å²) in [7, 11) is 0. The lowest BCUT2D eigenvalue weighted by atomic mass is 10.1. The molecule has 0 nitrogen and oxygen atoms in total. The highest BCUT2D eigenvalue weighted by Gasteiger charge is 2.21. The van der Waals surface area contributed by atoms with E-state index in [0.717, 1.165) is 12.8 Å². The Balaban J connectivity index is 2.57. The van der Waals surface area contributed by atoms with Crippen LogP contribution in [0, 0.1) is 0 Å². The van der Waals surface area contributed by atoms with Crippen LogP contribution in [0.5, 0.6) is 0 Å². The standard InChI is InChI=1S/C9H8BrCl/c10-8-3-1-2-7-6(8)4-5-9(7)11/h1-3,9H,4-5H2/t9-/m1/s1. The normalized spacial score (nSPS) is 21.8. The van der Waals surface area contributed by atoms with E-state index in [9.17, 15) is 0 Å². The number of fused-ring (bicyclic) bond motifs is 1. The predicted octanol–water partition coefficient (Wildman–Crippen LogP) is 3.68. The van der Waals surface area contributed by atoms with Gasteiger partial charge in [-0.1, -0.05) is 28.1 Å². The van der Waals surface area contributed by atoms with Gasteiger partial charge in [0.25, 0.3) is 0 Å². The largest absolute Gasteiger partial charge is 0.118 e. The predicted molar refractivity (Wildman–Crippen MR) is 51.1 cm³/mol. The van der Waals surface area contributed by atoms with Crippen molar-refractivity contribution in [2.75, 3.05) is 0 Å². The van der Waals surface area contributed by atoms with E-state index >= 15 is 0 Å². The minimum atomic E-state index is 0.238. The minimum Gasteiger partial charge on any atom is -0.118 e. The van der Waals surface area contributed by atoms with E-state index < -0.39 is 0 Å². The molecule has 2 heteroatoms. The van der Waals surface area contributed by atoms with Crippen LogP contribution in [-0.2, 0) is 6.42 Å². The molecular formula is C9H8BrCl. The number of rotatable bonds is 0. The number of halogens is 2. The van der Waals surface area contributed by atoms with Crippen molar-refractivity contribution in [3.8, 4) is 0 Å². The van der Waals surface area contributed by atoms with Crippen molar-refractivity contribution >= 4 is 27.5 Å². The van der Waals surface area contributed by atoms with Crippen LogP contribution in [0.15, 0.2) is 22.7 Å². The van der Waals surface area contributed by atoms with Gasteiger partial charge in [0.1, 0.15) is 0 Å². The van der Waals surface area contributed by atoms with Crippen LogP contribution in [0.4, 0.5) is 0 Å². The molecular weight excluding hydrogens is 223 g/mol. The van der Waals surface area contributed by atoms with Crippen molar-refractivity contribution < 1.29 is 0 Å². The van der Waals surface area contributed by atoms with Gasteiger partial charge in [0.05, 0.1) is 5.38 Å². The van der Waals surface area contributed by atoms with E-state index in [1.165, 1.54) is 15.6 Å². The van der Waals surface area contributed by atoms with Gasteiger partial charge in [-0.2, -0.15) is 0 Å². The highest BCUT2D eigenvalue weighted by atomic mass is 79.9. The zero-order chi connectivity index (χ0) is 7.84. The fourth-order valence-corrected chi connectivity index (χ4v) is 2.45. The first-order valence-electron chi connectivity index (χ1n) is 3.70. The third kappa shape index (κ3) is 1.21. The summed E-state index contributed by atoms with van der Waals surface area (Å²) in [5.74, 6) is 0. The third-order valence-corrected chi connectivity index (χ3v) is 3.34. The molecule has 0 amide bonds. The Labute approximate surface area is 79.7 Å². The van der Waals surface area contributed by atoms with Gasteiger partial charge in [-0.3, -0.25) is 0 Å². The van der Waals surface area contributed by atoms with E-state index in [2.05, 4.69) is 28.1 Å². The zero-order valence-electron chi connectivity index (χ0n) is 5.98. The molecule has 0 radical (unpaired) electrons. The fraction of sp³-hybridized carbons (Fsp3) is 0.333. The van der Waals surface area contributed by atoms with E-state index in [-0.39, 0.29) is 5.38 Å². The van der Waals surface area contributed by atoms with E-state index in [0.29, 0.717) is 0 Å². The van der Waals surface area contributed by atoms with Crippen LogP contribution in [0.2, 0.25) is 0 Å². The monoisotopic (exact) mass is 230 g/mol. The van der Waals surface area contributed by atoms with Gasteiger partial charge in [0.15, 0.2) is 0 Å². The molecule has 1 aliphatic rings. The molecule has 1 atom stereocenters. The Morgan fingerprint density at radius 2 is 2.27 bits per heavy atom. The van der Waals surface area contributed by atoms with Crippen molar-refractivity contribution in [2.45, 2.75) is 18.2 Å². The SMILES string of the molecule is Cl[C@@H]1CCc2c(Br)cccc21. The molecule has 0 fully saturated rings. The number of hydrogen-bond donors (Lipinski definition) is 0. The first-order chi connectivity index (χ1) is 5.29. The van der Waals surface area contributed by atoms with Gasteiger partial charge in [-0.25, -0.2) is 0 Å². The van der Waals surface area contributed by atoms with Crippen molar-refractivity contribution in [2.24, 2.45) is 0 Å². The van der Waals surface area contributed by atoms with Gasteiger partial charge in [0.2, 0.25) is 0 Å². The van der Waals surface area contributed by atoms with Crippen LogP contribution in [0.3, 0.4) is 0 Å². The molecule has 0 saturated heterocycles. The molecule has 0 unspecified atom stereocenters. The van der Waals surface area contributed by atoms with Crippen LogP contribution < -0.4 is 0 Å². The summed E-state index contributed by atoms with van der Waals surface area (Å²) in [6.07, 6.45) is 2.20. The number of hydrogen-bond acceptors (Lipinski definition) is 0. The topological polar surface area (TPSA) is 0 Å². The summed E-state index contributed by atoms with van der Waals surface area (Å²) in [6.45, 7) is 0. The van der Waals surface area contributed by atoms with E-state index in [1.807, 2.05) is 6.07 Å². The van der Waals surface area contributed by atoms with Gasteiger partial charge < -0.3 is 0 Å². The molecule has 0 aliphatic heterocycles. The second-order valence-electron chi connectivity index (χ2n) is 2.81. The summed E-state index contributed by atoms with van der Waals surface area (Å²) < 4.78 is 1.21. The van der Waals surface area contributed by atoms with Gasteiger partial charge in [-0.05, 0) is 30.0 Å². The molecule has 58 valence electrons.